The van der Waals surface area contributed by atoms with Gasteiger partial charge in [0.05, 0.1) is 17.7 Å². The van der Waals surface area contributed by atoms with E-state index in [2.05, 4.69) is 0 Å². The molecule has 0 amide bonds. The van der Waals surface area contributed by atoms with Crippen LogP contribution in [0, 0.1) is 0 Å². The minimum Gasteiger partial charge on any atom is -0.480 e. The van der Waals surface area contributed by atoms with Crippen molar-refractivity contribution in [3.8, 4) is 0 Å². The minimum absolute atomic E-state index is 0.102. The molecule has 1 saturated heterocycles. The van der Waals surface area contributed by atoms with E-state index in [1.807, 2.05) is 6.92 Å². The molecule has 1 heterocycles. The van der Waals surface area contributed by atoms with Crippen LogP contribution in [0.2, 0.25) is 0 Å². The summed E-state index contributed by atoms with van der Waals surface area (Å²) in [5.74, 6) is -0.926. The van der Waals surface area contributed by atoms with Crippen molar-refractivity contribution in [2.24, 2.45) is 0 Å². The van der Waals surface area contributed by atoms with Crippen molar-refractivity contribution in [3.05, 3.63) is 0 Å². The molecule has 1 aliphatic rings. The van der Waals surface area contributed by atoms with Crippen LogP contribution in [-0.4, -0.2) is 59.9 Å². The van der Waals surface area contributed by atoms with Gasteiger partial charge in [-0.25, -0.2) is 8.42 Å². The van der Waals surface area contributed by atoms with E-state index in [4.69, 9.17) is 9.84 Å². The number of carboxylic acids is 1. The molecular weight excluding hydrogens is 290 g/mol. The van der Waals surface area contributed by atoms with Gasteiger partial charge < -0.3 is 9.84 Å². The summed E-state index contributed by atoms with van der Waals surface area (Å²) in [6.07, 6.45) is 1.49. The Morgan fingerprint density at radius 2 is 2.16 bits per heavy atom. The minimum atomic E-state index is -3.59. The predicted molar refractivity (Wildman–Crippen MR) is 74.7 cm³/mol. The number of hydrogen-bond acceptors (Lipinski definition) is 5. The van der Waals surface area contributed by atoms with E-state index < -0.39 is 22.0 Å². The normalized spacial score (nSPS) is 24.7. The van der Waals surface area contributed by atoms with E-state index in [-0.39, 0.29) is 17.7 Å². The fraction of sp³-hybridized carbons (Fsp3) is 0.909. The zero-order valence-corrected chi connectivity index (χ0v) is 12.9. The number of thioether (sulfide) groups is 1. The Morgan fingerprint density at radius 1 is 1.47 bits per heavy atom. The van der Waals surface area contributed by atoms with Gasteiger partial charge in [0.15, 0.2) is 0 Å². The molecule has 0 bridgehead atoms. The highest BCUT2D eigenvalue weighted by atomic mass is 32.2. The summed E-state index contributed by atoms with van der Waals surface area (Å²) in [7, 11) is -3.59. The zero-order valence-electron chi connectivity index (χ0n) is 11.2. The first-order valence-corrected chi connectivity index (χ1v) is 9.03. The van der Waals surface area contributed by atoms with Crippen molar-refractivity contribution in [1.29, 1.82) is 0 Å². The molecule has 8 heteroatoms. The van der Waals surface area contributed by atoms with Gasteiger partial charge in [-0.3, -0.25) is 4.79 Å². The van der Waals surface area contributed by atoms with Crippen LogP contribution in [0.3, 0.4) is 0 Å². The highest BCUT2D eigenvalue weighted by molar-refractivity contribution is 8.01. The molecule has 1 fully saturated rings. The summed E-state index contributed by atoms with van der Waals surface area (Å²) in [6.45, 7) is 4.30. The van der Waals surface area contributed by atoms with Crippen LogP contribution in [0.4, 0.5) is 0 Å². The summed E-state index contributed by atoms with van der Waals surface area (Å²) in [4.78, 5) is 11.2. The first-order chi connectivity index (χ1) is 8.94. The Balaban J connectivity index is 2.84. The molecular formula is C11H21NO5S2. The van der Waals surface area contributed by atoms with Crippen LogP contribution >= 0.6 is 11.8 Å². The standard InChI is InChI=1S/C11H21NO5S2/c1-3-5-10-12(9(8-18-10)11(13)14)19(15,16)7-6-17-4-2/h9-10H,3-8H2,1-2H3,(H,13,14). The Morgan fingerprint density at radius 3 is 2.68 bits per heavy atom. The number of rotatable bonds is 8. The number of carboxylic acid groups (broad SMARTS) is 1. The molecule has 19 heavy (non-hydrogen) atoms. The fourth-order valence-corrected chi connectivity index (χ4v) is 5.60. The van der Waals surface area contributed by atoms with Crippen LogP contribution in [-0.2, 0) is 19.6 Å². The van der Waals surface area contributed by atoms with Crippen LogP contribution in [0.1, 0.15) is 26.7 Å². The summed E-state index contributed by atoms with van der Waals surface area (Å²) >= 11 is 1.40. The molecule has 0 aromatic rings. The lowest BCUT2D eigenvalue weighted by Gasteiger charge is -2.26. The third-order valence-corrected chi connectivity index (χ3v) is 6.19. The summed E-state index contributed by atoms with van der Waals surface area (Å²) in [5, 5.41) is 8.89. The van der Waals surface area contributed by atoms with Gasteiger partial charge >= 0.3 is 5.97 Å². The van der Waals surface area contributed by atoms with Crippen LogP contribution in [0.15, 0.2) is 0 Å². The van der Waals surface area contributed by atoms with Gasteiger partial charge in [-0.05, 0) is 13.3 Å². The van der Waals surface area contributed by atoms with Crippen molar-refractivity contribution in [1.82, 2.24) is 4.31 Å². The first kappa shape index (κ1) is 16.7. The molecule has 1 rings (SSSR count). The first-order valence-electron chi connectivity index (χ1n) is 6.37. The van der Waals surface area contributed by atoms with Crippen LogP contribution < -0.4 is 0 Å². The van der Waals surface area contributed by atoms with Gasteiger partial charge in [0, 0.05) is 12.4 Å². The maximum atomic E-state index is 12.3. The maximum absolute atomic E-state index is 12.3. The highest BCUT2D eigenvalue weighted by Gasteiger charge is 2.44. The maximum Gasteiger partial charge on any atom is 0.322 e. The molecule has 2 unspecified atom stereocenters. The molecule has 0 radical (unpaired) electrons. The van der Waals surface area contributed by atoms with Gasteiger partial charge in [-0.2, -0.15) is 4.31 Å². The second-order valence-corrected chi connectivity index (χ2v) is 7.48. The zero-order chi connectivity index (χ0) is 14.5. The quantitative estimate of drug-likeness (QED) is 0.673. The van der Waals surface area contributed by atoms with Gasteiger partial charge in [0.1, 0.15) is 6.04 Å². The van der Waals surface area contributed by atoms with Gasteiger partial charge in [-0.1, -0.05) is 13.3 Å². The van der Waals surface area contributed by atoms with E-state index in [0.29, 0.717) is 18.8 Å². The number of hydrogen-bond donors (Lipinski definition) is 1. The Labute approximate surface area is 118 Å². The Hall–Kier alpha value is -0.310. The average Bonchev–Trinajstić information content (AvgIpc) is 2.74. The second kappa shape index (κ2) is 7.47. The molecule has 0 saturated carbocycles. The lowest BCUT2D eigenvalue weighted by atomic mass is 10.3. The molecule has 1 aliphatic heterocycles. The number of carbonyl (C=O) groups is 1. The largest absolute Gasteiger partial charge is 0.480 e. The molecule has 0 spiro atoms. The van der Waals surface area contributed by atoms with Crippen molar-refractivity contribution in [2.45, 2.75) is 38.1 Å². The van der Waals surface area contributed by atoms with Crippen LogP contribution in [0.25, 0.3) is 0 Å². The third-order valence-electron chi connectivity index (χ3n) is 2.87. The van der Waals surface area contributed by atoms with Crippen molar-refractivity contribution in [3.63, 3.8) is 0 Å². The molecule has 0 aliphatic carbocycles. The van der Waals surface area contributed by atoms with Crippen molar-refractivity contribution < 1.29 is 23.1 Å². The van der Waals surface area contributed by atoms with E-state index in [1.165, 1.54) is 16.1 Å². The van der Waals surface area contributed by atoms with Gasteiger partial charge in [-0.15, -0.1) is 11.8 Å². The number of aliphatic carboxylic acids is 1. The average molecular weight is 311 g/mol. The molecule has 2 atom stereocenters. The SMILES string of the molecule is CCCC1SCC(C(=O)O)N1S(=O)(=O)CCOCC. The molecule has 112 valence electrons. The van der Waals surface area contributed by atoms with E-state index >= 15 is 0 Å². The Bertz CT molecular complexity index is 398. The number of ether oxygens (including phenoxy) is 1. The topological polar surface area (TPSA) is 83.9 Å². The summed E-state index contributed by atoms with van der Waals surface area (Å²) in [5.41, 5.74) is 0. The van der Waals surface area contributed by atoms with E-state index in [0.717, 1.165) is 6.42 Å². The van der Waals surface area contributed by atoms with Gasteiger partial charge in [0.25, 0.3) is 0 Å². The predicted octanol–water partition coefficient (Wildman–Crippen LogP) is 0.981. The molecule has 1 N–H and O–H groups in total. The lowest BCUT2D eigenvalue weighted by Crippen LogP contribution is -2.47. The Kier molecular flexibility index (Phi) is 6.58. The van der Waals surface area contributed by atoms with Crippen molar-refractivity contribution in [2.75, 3.05) is 24.7 Å². The summed E-state index contributed by atoms with van der Waals surface area (Å²) in [6, 6.07) is -0.951. The van der Waals surface area contributed by atoms with Crippen LogP contribution in [0.5, 0.6) is 0 Å². The monoisotopic (exact) mass is 311 g/mol. The van der Waals surface area contributed by atoms with Crippen molar-refractivity contribution >= 4 is 27.8 Å². The fourth-order valence-electron chi connectivity index (χ4n) is 1.97. The van der Waals surface area contributed by atoms with Gasteiger partial charge in [0.2, 0.25) is 10.0 Å². The summed E-state index contributed by atoms with van der Waals surface area (Å²) < 4.78 is 30.8. The van der Waals surface area contributed by atoms with E-state index in [9.17, 15) is 13.2 Å². The molecule has 0 aromatic carbocycles. The third kappa shape index (κ3) is 4.34. The highest BCUT2D eigenvalue weighted by Crippen LogP contribution is 2.34. The molecule has 0 aromatic heterocycles. The number of nitrogens with zero attached hydrogens (tertiary/aromatic N) is 1. The van der Waals surface area contributed by atoms with E-state index in [1.54, 1.807) is 6.92 Å². The lowest BCUT2D eigenvalue weighted by molar-refractivity contribution is -0.140. The smallest absolute Gasteiger partial charge is 0.322 e. The second-order valence-electron chi connectivity index (χ2n) is 4.27. The molecule has 6 nitrogen and oxygen atoms in total. The number of sulfonamides is 1.